The lowest BCUT2D eigenvalue weighted by Crippen LogP contribution is -1.95. The Labute approximate surface area is 141 Å². The summed E-state index contributed by atoms with van der Waals surface area (Å²) in [6.07, 6.45) is 9.63. The van der Waals surface area contributed by atoms with Crippen molar-refractivity contribution in [1.82, 2.24) is 0 Å². The Morgan fingerprint density at radius 1 is 0.550 bits per heavy atom. The van der Waals surface area contributed by atoms with E-state index in [2.05, 4.69) is 71.4 Å². The lowest BCUT2D eigenvalue weighted by atomic mass is 10.5. The van der Waals surface area contributed by atoms with E-state index in [9.17, 15) is 0 Å². The van der Waals surface area contributed by atoms with E-state index in [1.807, 2.05) is 0 Å². The molecule has 0 spiro atoms. The van der Waals surface area contributed by atoms with Gasteiger partial charge in [0.15, 0.2) is 0 Å². The van der Waals surface area contributed by atoms with Gasteiger partial charge in [-0.15, -0.1) is 68.0 Å². The van der Waals surface area contributed by atoms with Crippen molar-refractivity contribution in [1.29, 1.82) is 0 Å². The number of allylic oxidation sites excluding steroid dienone is 4. The zero-order valence-corrected chi connectivity index (χ0v) is 15.5. The molecule has 0 radical (unpaired) electrons. The van der Waals surface area contributed by atoms with Crippen LogP contribution in [0.5, 0.6) is 0 Å². The molecule has 0 N–H and O–H groups in total. The van der Waals surface area contributed by atoms with Gasteiger partial charge in [0.25, 0.3) is 0 Å². The van der Waals surface area contributed by atoms with E-state index < -0.39 is 0 Å². The van der Waals surface area contributed by atoms with Crippen molar-refractivity contribution in [3.8, 4) is 0 Å². The molecule has 0 aromatic heterocycles. The molecule has 0 aromatic rings. The fourth-order valence-electron chi connectivity index (χ4n) is 2.68. The normalized spacial score (nSPS) is 34.4. The van der Waals surface area contributed by atoms with Gasteiger partial charge in [0.05, 0.1) is 7.06 Å². The molecule has 6 heteroatoms. The van der Waals surface area contributed by atoms with Gasteiger partial charge in [-0.3, -0.25) is 0 Å². The standard InChI is InChI=1S/C14H12S6/c1-3-11-7-17-14-16-6-10-2-4-12(20(10)14)8-18-13-15-5-9(1)19(11)13/h1-4H,5-8H2. The Morgan fingerprint density at radius 3 is 1.15 bits per heavy atom. The molecule has 0 nitrogen and oxygen atoms in total. The molecule has 0 aromatic carbocycles. The molecule has 5 aliphatic heterocycles. The summed E-state index contributed by atoms with van der Waals surface area (Å²) in [5.41, 5.74) is 0. The van der Waals surface area contributed by atoms with Gasteiger partial charge < -0.3 is 0 Å². The first-order valence-corrected chi connectivity index (χ1v) is 12.8. The molecule has 0 saturated carbocycles. The van der Waals surface area contributed by atoms with Crippen LogP contribution < -0.4 is 0 Å². The first kappa shape index (κ1) is 13.3. The molecule has 5 aliphatic rings. The Kier molecular flexibility index (Phi) is 3.43. The van der Waals surface area contributed by atoms with Crippen molar-refractivity contribution in [2.75, 3.05) is 23.0 Å². The van der Waals surface area contributed by atoms with Crippen molar-refractivity contribution in [3.63, 3.8) is 0 Å². The molecule has 0 amide bonds. The molecule has 0 atom stereocenters. The minimum absolute atomic E-state index is 0.358. The lowest BCUT2D eigenvalue weighted by Gasteiger charge is -2.15. The van der Waals surface area contributed by atoms with Gasteiger partial charge in [-0.25, -0.2) is 0 Å². The van der Waals surface area contributed by atoms with Gasteiger partial charge in [-0.1, -0.05) is 24.3 Å². The Hall–Kier alpha value is 0.800. The van der Waals surface area contributed by atoms with E-state index in [0.717, 1.165) is 0 Å². The highest BCUT2D eigenvalue weighted by Gasteiger charge is 2.31. The second kappa shape index (κ2) is 5.17. The van der Waals surface area contributed by atoms with Gasteiger partial charge in [-0.2, -0.15) is 0 Å². The predicted octanol–water partition coefficient (Wildman–Crippen LogP) is 5.24. The Bertz CT molecular complexity index is 654. The minimum atomic E-state index is 0.358. The van der Waals surface area contributed by atoms with E-state index in [1.54, 1.807) is 26.7 Å². The van der Waals surface area contributed by atoms with Crippen LogP contribution in [-0.4, -0.2) is 30.1 Å². The maximum atomic E-state index is 2.42. The number of rotatable bonds is 0. The fraction of sp³-hybridized carbons (Fsp3) is 0.286. The van der Waals surface area contributed by atoms with Gasteiger partial charge in [-0.05, 0) is 19.6 Å². The van der Waals surface area contributed by atoms with Crippen molar-refractivity contribution in [2.24, 2.45) is 0 Å². The van der Waals surface area contributed by atoms with Crippen molar-refractivity contribution in [3.05, 3.63) is 43.9 Å². The predicted molar refractivity (Wildman–Crippen MR) is 107 cm³/mol. The van der Waals surface area contributed by atoms with Crippen molar-refractivity contribution >= 4 is 75.1 Å². The average Bonchev–Trinajstić information content (AvgIpc) is 3.17. The van der Waals surface area contributed by atoms with Crippen LogP contribution in [0, 0.1) is 0 Å². The fourth-order valence-corrected chi connectivity index (χ4v) is 15.6. The van der Waals surface area contributed by atoms with Crippen molar-refractivity contribution < 1.29 is 0 Å². The number of hydrogen-bond donors (Lipinski definition) is 0. The van der Waals surface area contributed by atoms with E-state index in [1.165, 1.54) is 23.0 Å². The Balaban J connectivity index is 1.57. The smallest absolute Gasteiger partial charge is 0.0731 e. The van der Waals surface area contributed by atoms with Crippen LogP contribution in [0.2, 0.25) is 0 Å². The average molecular weight is 373 g/mol. The van der Waals surface area contributed by atoms with E-state index in [0.29, 0.717) is 21.0 Å². The summed E-state index contributed by atoms with van der Waals surface area (Å²) < 4.78 is 3.38. The SMILES string of the molecule is C1=C2CSC3=S2C(=C1)CSC1=S2C(=CC=C2CS3)CS1. The second-order valence-electron chi connectivity index (χ2n) is 4.80. The highest BCUT2D eigenvalue weighted by Crippen LogP contribution is 2.58. The van der Waals surface area contributed by atoms with Gasteiger partial charge >= 0.3 is 0 Å². The molecule has 0 unspecified atom stereocenters. The van der Waals surface area contributed by atoms with Crippen LogP contribution in [0.3, 0.4) is 0 Å². The van der Waals surface area contributed by atoms with E-state index >= 15 is 0 Å². The molecule has 0 fully saturated rings. The highest BCUT2D eigenvalue weighted by molar-refractivity contribution is 8.59. The van der Waals surface area contributed by atoms with Crippen LogP contribution in [-0.2, 0) is 0 Å². The van der Waals surface area contributed by atoms with Crippen LogP contribution in [0.4, 0.5) is 0 Å². The van der Waals surface area contributed by atoms with E-state index in [-0.39, 0.29) is 0 Å². The molecular formula is C14H12S6. The summed E-state index contributed by atoms with van der Waals surface area (Å²) in [5.74, 6) is 4.88. The van der Waals surface area contributed by atoms with Gasteiger partial charge in [0, 0.05) is 23.0 Å². The first-order valence-electron chi connectivity index (χ1n) is 6.43. The zero-order valence-electron chi connectivity index (χ0n) is 10.6. The van der Waals surface area contributed by atoms with Crippen LogP contribution in [0.15, 0.2) is 43.9 Å². The highest BCUT2D eigenvalue weighted by atomic mass is 32.3. The molecule has 20 heavy (non-hydrogen) atoms. The largest absolute Gasteiger partial charge is 0.110 e. The summed E-state index contributed by atoms with van der Waals surface area (Å²) in [7, 11) is 0.716. The summed E-state index contributed by atoms with van der Waals surface area (Å²) >= 11 is 8.46. The number of thioether (sulfide) groups is 4. The summed E-state index contributed by atoms with van der Waals surface area (Å²) in [4.78, 5) is 6.71. The van der Waals surface area contributed by atoms with Crippen LogP contribution >= 0.6 is 68.0 Å². The topological polar surface area (TPSA) is 0 Å². The Morgan fingerprint density at radius 2 is 0.850 bits per heavy atom. The van der Waals surface area contributed by atoms with Crippen molar-refractivity contribution in [2.45, 2.75) is 0 Å². The molecule has 0 aliphatic carbocycles. The lowest BCUT2D eigenvalue weighted by molar-refractivity contribution is 1.71. The molecule has 0 saturated heterocycles. The molecule has 5 heterocycles. The van der Waals surface area contributed by atoms with E-state index in [4.69, 9.17) is 0 Å². The number of hydrogen-bond acceptors (Lipinski definition) is 4. The second-order valence-corrected chi connectivity index (χ2v) is 14.4. The quantitative estimate of drug-likeness (QED) is 0.533. The van der Waals surface area contributed by atoms with Crippen LogP contribution in [0.25, 0.3) is 0 Å². The molecule has 5 rings (SSSR count). The molecule has 0 bridgehead atoms. The first-order chi connectivity index (χ1) is 9.90. The molecular weight excluding hydrogens is 361 g/mol. The third-order valence-electron chi connectivity index (χ3n) is 3.62. The van der Waals surface area contributed by atoms with Gasteiger partial charge in [0.2, 0.25) is 0 Å². The maximum Gasteiger partial charge on any atom is 0.0731 e. The third kappa shape index (κ3) is 1.98. The summed E-state index contributed by atoms with van der Waals surface area (Å²) in [6, 6.07) is 0. The molecule has 104 valence electrons. The minimum Gasteiger partial charge on any atom is -0.110 e. The summed E-state index contributed by atoms with van der Waals surface area (Å²) in [5, 5.41) is 0. The van der Waals surface area contributed by atoms with Gasteiger partial charge in [0.1, 0.15) is 0 Å². The third-order valence-corrected chi connectivity index (χ3v) is 15.8. The maximum absolute atomic E-state index is 2.42. The van der Waals surface area contributed by atoms with Crippen LogP contribution in [0.1, 0.15) is 0 Å². The summed E-state index contributed by atoms with van der Waals surface area (Å²) in [6.45, 7) is 0. The zero-order chi connectivity index (χ0) is 13.1. The monoisotopic (exact) mass is 372 g/mol.